The maximum absolute atomic E-state index is 12.8. The van der Waals surface area contributed by atoms with Crippen LogP contribution in [0.4, 0.5) is 0 Å². The molecule has 4 heteroatoms. The highest BCUT2D eigenvalue weighted by Gasteiger charge is 2.46. The minimum Gasteiger partial charge on any atom is -0.351 e. The summed E-state index contributed by atoms with van der Waals surface area (Å²) in [5, 5.41) is 3.39. The van der Waals surface area contributed by atoms with Gasteiger partial charge in [-0.15, -0.1) is 0 Å². The summed E-state index contributed by atoms with van der Waals surface area (Å²) >= 11 is 0. The second-order valence-electron chi connectivity index (χ2n) is 8.05. The lowest BCUT2D eigenvalue weighted by Crippen LogP contribution is -2.54. The first kappa shape index (κ1) is 15.3. The second-order valence-corrected chi connectivity index (χ2v) is 8.05. The van der Waals surface area contributed by atoms with E-state index in [4.69, 9.17) is 5.73 Å². The molecular formula is C17H31N3O. The van der Waals surface area contributed by atoms with E-state index in [1.165, 1.54) is 19.4 Å². The quantitative estimate of drug-likeness (QED) is 0.815. The highest BCUT2D eigenvalue weighted by atomic mass is 16.2. The summed E-state index contributed by atoms with van der Waals surface area (Å²) in [6.45, 7) is 9.02. The van der Waals surface area contributed by atoms with Gasteiger partial charge in [0.25, 0.3) is 0 Å². The fourth-order valence-electron chi connectivity index (χ4n) is 4.85. The van der Waals surface area contributed by atoms with Gasteiger partial charge in [-0.25, -0.2) is 0 Å². The molecule has 0 aromatic carbocycles. The summed E-state index contributed by atoms with van der Waals surface area (Å²) in [7, 11) is 0. The van der Waals surface area contributed by atoms with Crippen LogP contribution < -0.4 is 11.1 Å². The average Bonchev–Trinajstić information content (AvgIpc) is 3.01. The van der Waals surface area contributed by atoms with Gasteiger partial charge in [0.1, 0.15) is 0 Å². The van der Waals surface area contributed by atoms with Gasteiger partial charge in [-0.1, -0.05) is 20.8 Å². The molecule has 120 valence electrons. The lowest BCUT2D eigenvalue weighted by atomic mass is 9.61. The molecule has 3 fully saturated rings. The van der Waals surface area contributed by atoms with E-state index in [2.05, 4.69) is 31.0 Å². The zero-order valence-corrected chi connectivity index (χ0v) is 13.8. The maximum Gasteiger partial charge on any atom is 0.223 e. The molecule has 5 unspecified atom stereocenters. The molecule has 3 rings (SSSR count). The maximum atomic E-state index is 12.8. The molecule has 21 heavy (non-hydrogen) atoms. The van der Waals surface area contributed by atoms with E-state index in [0.29, 0.717) is 18.0 Å². The van der Waals surface area contributed by atoms with Crippen molar-refractivity contribution in [1.29, 1.82) is 0 Å². The Balaban J connectivity index is 1.65. The summed E-state index contributed by atoms with van der Waals surface area (Å²) in [6.07, 6.45) is 5.57. The molecule has 0 spiro atoms. The number of rotatable bonds is 2. The third kappa shape index (κ3) is 2.61. The average molecular weight is 293 g/mol. The number of hydrogen-bond donors (Lipinski definition) is 2. The Labute approximate surface area is 128 Å². The number of amides is 1. The van der Waals surface area contributed by atoms with Crippen LogP contribution in [0.25, 0.3) is 0 Å². The van der Waals surface area contributed by atoms with Crippen LogP contribution in [0.2, 0.25) is 0 Å². The third-order valence-electron chi connectivity index (χ3n) is 6.75. The van der Waals surface area contributed by atoms with Gasteiger partial charge in [-0.3, -0.25) is 9.69 Å². The minimum absolute atomic E-state index is 0.00425. The molecule has 1 saturated carbocycles. The zero-order valence-electron chi connectivity index (χ0n) is 13.8. The molecule has 0 aromatic heterocycles. The largest absolute Gasteiger partial charge is 0.351 e. The highest BCUT2D eigenvalue weighted by molar-refractivity contribution is 5.80. The number of carbonyl (C=O) groups is 1. The molecule has 5 atom stereocenters. The fraction of sp³-hybridized carbons (Fsp3) is 0.941. The van der Waals surface area contributed by atoms with Crippen molar-refractivity contribution < 1.29 is 4.79 Å². The first-order valence-electron chi connectivity index (χ1n) is 8.71. The zero-order chi connectivity index (χ0) is 15.2. The van der Waals surface area contributed by atoms with Gasteiger partial charge in [0.2, 0.25) is 5.91 Å². The molecule has 0 bridgehead atoms. The SMILES string of the molecule is CC1C(N)CCC(C(=O)NC2CCN3CCCC23)C1(C)C. The Morgan fingerprint density at radius 2 is 1.95 bits per heavy atom. The van der Waals surface area contributed by atoms with Crippen LogP contribution in [0.1, 0.15) is 52.9 Å². The molecule has 3 aliphatic rings. The van der Waals surface area contributed by atoms with E-state index >= 15 is 0 Å². The fourth-order valence-corrected chi connectivity index (χ4v) is 4.85. The Morgan fingerprint density at radius 1 is 1.19 bits per heavy atom. The Bertz CT molecular complexity index is 409. The summed E-state index contributed by atoms with van der Waals surface area (Å²) in [4.78, 5) is 15.4. The first-order chi connectivity index (χ1) is 9.91. The number of nitrogens with one attached hydrogen (secondary N) is 1. The predicted molar refractivity (Wildman–Crippen MR) is 84.8 cm³/mol. The van der Waals surface area contributed by atoms with Crippen LogP contribution in [-0.4, -0.2) is 42.0 Å². The van der Waals surface area contributed by atoms with Crippen molar-refractivity contribution in [3.63, 3.8) is 0 Å². The number of fused-ring (bicyclic) bond motifs is 1. The van der Waals surface area contributed by atoms with Crippen molar-refractivity contribution in [2.45, 2.75) is 71.0 Å². The van der Waals surface area contributed by atoms with Crippen molar-refractivity contribution in [2.24, 2.45) is 23.0 Å². The summed E-state index contributed by atoms with van der Waals surface area (Å²) < 4.78 is 0. The summed E-state index contributed by atoms with van der Waals surface area (Å²) in [6, 6.07) is 1.21. The van der Waals surface area contributed by atoms with Gasteiger partial charge >= 0.3 is 0 Å². The summed E-state index contributed by atoms with van der Waals surface area (Å²) in [5.41, 5.74) is 6.21. The minimum atomic E-state index is -0.00425. The van der Waals surface area contributed by atoms with Gasteiger partial charge in [0.05, 0.1) is 0 Å². The Kier molecular flexibility index (Phi) is 4.04. The van der Waals surface area contributed by atoms with Gasteiger partial charge in [-0.2, -0.15) is 0 Å². The van der Waals surface area contributed by atoms with Crippen molar-refractivity contribution in [2.75, 3.05) is 13.1 Å². The molecule has 2 aliphatic heterocycles. The first-order valence-corrected chi connectivity index (χ1v) is 8.71. The number of hydrogen-bond acceptors (Lipinski definition) is 3. The van der Waals surface area contributed by atoms with Crippen molar-refractivity contribution in [1.82, 2.24) is 10.2 Å². The molecule has 2 saturated heterocycles. The molecule has 0 radical (unpaired) electrons. The van der Waals surface area contributed by atoms with Crippen molar-refractivity contribution in [3.8, 4) is 0 Å². The lowest BCUT2D eigenvalue weighted by molar-refractivity contribution is -0.133. The molecule has 3 N–H and O–H groups in total. The van der Waals surface area contributed by atoms with Crippen molar-refractivity contribution >= 4 is 5.91 Å². The smallest absolute Gasteiger partial charge is 0.223 e. The monoisotopic (exact) mass is 293 g/mol. The van der Waals surface area contributed by atoms with Gasteiger partial charge in [-0.05, 0) is 50.0 Å². The van der Waals surface area contributed by atoms with Crippen molar-refractivity contribution in [3.05, 3.63) is 0 Å². The highest BCUT2D eigenvalue weighted by Crippen LogP contribution is 2.44. The second kappa shape index (κ2) is 5.54. The molecular weight excluding hydrogens is 262 g/mol. The van der Waals surface area contributed by atoms with Gasteiger partial charge in [0, 0.05) is 30.6 Å². The number of nitrogens with two attached hydrogens (primary N) is 1. The van der Waals surface area contributed by atoms with E-state index in [-0.39, 0.29) is 23.3 Å². The normalized spacial score (nSPS) is 42.8. The Hall–Kier alpha value is -0.610. The third-order valence-corrected chi connectivity index (χ3v) is 6.75. The topological polar surface area (TPSA) is 58.4 Å². The molecule has 4 nitrogen and oxygen atoms in total. The van der Waals surface area contributed by atoms with E-state index in [1.807, 2.05) is 0 Å². The van der Waals surface area contributed by atoms with E-state index in [0.717, 1.165) is 25.8 Å². The van der Waals surface area contributed by atoms with Gasteiger partial charge in [0.15, 0.2) is 0 Å². The van der Waals surface area contributed by atoms with E-state index in [1.54, 1.807) is 0 Å². The van der Waals surface area contributed by atoms with Crippen LogP contribution in [0.3, 0.4) is 0 Å². The summed E-state index contributed by atoms with van der Waals surface area (Å²) in [5.74, 6) is 0.786. The lowest BCUT2D eigenvalue weighted by Gasteiger charge is -2.46. The van der Waals surface area contributed by atoms with Crippen LogP contribution in [0.15, 0.2) is 0 Å². The van der Waals surface area contributed by atoms with Crippen LogP contribution in [0.5, 0.6) is 0 Å². The van der Waals surface area contributed by atoms with E-state index in [9.17, 15) is 4.79 Å². The number of carbonyl (C=O) groups excluding carboxylic acids is 1. The predicted octanol–water partition coefficient (Wildman–Crippen LogP) is 1.74. The van der Waals surface area contributed by atoms with Crippen LogP contribution in [-0.2, 0) is 4.79 Å². The number of nitrogens with zero attached hydrogens (tertiary/aromatic N) is 1. The van der Waals surface area contributed by atoms with Crippen LogP contribution in [0, 0.1) is 17.3 Å². The molecule has 1 aliphatic carbocycles. The van der Waals surface area contributed by atoms with Crippen LogP contribution >= 0.6 is 0 Å². The van der Waals surface area contributed by atoms with E-state index < -0.39 is 0 Å². The standard InChI is InChI=1S/C17H31N3O/c1-11-13(18)7-6-12(17(11,2)3)16(21)19-14-8-10-20-9-4-5-15(14)20/h11-15H,4-10,18H2,1-3H3,(H,19,21). The Morgan fingerprint density at radius 3 is 2.71 bits per heavy atom. The molecule has 0 aromatic rings. The molecule has 1 amide bonds. The molecule has 2 heterocycles. The van der Waals surface area contributed by atoms with Gasteiger partial charge < -0.3 is 11.1 Å².